The van der Waals surface area contributed by atoms with E-state index in [-0.39, 0.29) is 0 Å². The molecule has 0 aliphatic carbocycles. The number of benzene rings is 1. The Morgan fingerprint density at radius 1 is 1.31 bits per heavy atom. The molecule has 0 aromatic heterocycles. The van der Waals surface area contributed by atoms with Crippen LogP contribution in [0.2, 0.25) is 0 Å². The standard InChI is InChI=1S/C12H12ClNO2/c1-8(7-14)12(13)10-6-9(15-2)4-5-11(10)16-3/h4-6H,1-3H3. The molecular weight excluding hydrogens is 226 g/mol. The van der Waals surface area contributed by atoms with E-state index in [1.54, 1.807) is 39.3 Å². The molecule has 16 heavy (non-hydrogen) atoms. The summed E-state index contributed by atoms with van der Waals surface area (Å²) in [7, 11) is 3.12. The van der Waals surface area contributed by atoms with Crippen LogP contribution in [0.15, 0.2) is 23.8 Å². The van der Waals surface area contributed by atoms with Crippen LogP contribution >= 0.6 is 11.6 Å². The summed E-state index contributed by atoms with van der Waals surface area (Å²) in [6, 6.07) is 7.26. The van der Waals surface area contributed by atoms with Crippen LogP contribution in [0.3, 0.4) is 0 Å². The maximum absolute atomic E-state index is 8.79. The minimum absolute atomic E-state index is 0.373. The molecule has 84 valence electrons. The van der Waals surface area contributed by atoms with E-state index in [4.69, 9.17) is 26.3 Å². The Hall–Kier alpha value is -1.66. The summed E-state index contributed by atoms with van der Waals surface area (Å²) >= 11 is 6.09. The Morgan fingerprint density at radius 3 is 2.50 bits per heavy atom. The Bertz CT molecular complexity index is 461. The third-order valence-electron chi connectivity index (χ3n) is 2.14. The molecule has 1 rings (SSSR count). The minimum atomic E-state index is 0.373. The largest absolute Gasteiger partial charge is 0.497 e. The van der Waals surface area contributed by atoms with E-state index in [1.807, 2.05) is 6.07 Å². The number of methoxy groups -OCH3 is 2. The second-order valence-electron chi connectivity index (χ2n) is 3.12. The molecule has 0 aliphatic heterocycles. The Morgan fingerprint density at radius 2 is 2.00 bits per heavy atom. The maximum atomic E-state index is 8.79. The molecule has 0 N–H and O–H groups in total. The zero-order valence-corrected chi connectivity index (χ0v) is 10.1. The van der Waals surface area contributed by atoms with Gasteiger partial charge in [-0.3, -0.25) is 0 Å². The summed E-state index contributed by atoms with van der Waals surface area (Å²) in [6.45, 7) is 1.65. The molecule has 1 aromatic rings. The molecule has 0 saturated carbocycles. The number of nitrogens with zero attached hydrogens (tertiary/aromatic N) is 1. The van der Waals surface area contributed by atoms with Gasteiger partial charge >= 0.3 is 0 Å². The van der Waals surface area contributed by atoms with Gasteiger partial charge in [-0.25, -0.2) is 0 Å². The van der Waals surface area contributed by atoms with Gasteiger partial charge < -0.3 is 9.47 Å². The molecule has 0 heterocycles. The first-order valence-electron chi connectivity index (χ1n) is 4.63. The van der Waals surface area contributed by atoms with Gasteiger partial charge in [-0.05, 0) is 25.1 Å². The Labute approximate surface area is 99.9 Å². The molecule has 0 unspecified atom stereocenters. The number of halogens is 1. The lowest BCUT2D eigenvalue weighted by molar-refractivity contribution is 0.402. The van der Waals surface area contributed by atoms with Gasteiger partial charge in [0.1, 0.15) is 11.5 Å². The van der Waals surface area contributed by atoms with Crippen molar-refractivity contribution in [3.8, 4) is 17.6 Å². The molecule has 4 heteroatoms. The topological polar surface area (TPSA) is 42.2 Å². The van der Waals surface area contributed by atoms with Crippen molar-refractivity contribution in [3.63, 3.8) is 0 Å². The van der Waals surface area contributed by atoms with Crippen LogP contribution in [-0.4, -0.2) is 14.2 Å². The average molecular weight is 238 g/mol. The molecule has 0 radical (unpaired) electrons. The van der Waals surface area contributed by atoms with Crippen molar-refractivity contribution in [2.24, 2.45) is 0 Å². The van der Waals surface area contributed by atoms with E-state index >= 15 is 0 Å². The molecule has 0 bridgehead atoms. The van der Waals surface area contributed by atoms with Gasteiger partial charge in [0.05, 0.1) is 25.3 Å². The first-order chi connectivity index (χ1) is 7.63. The van der Waals surface area contributed by atoms with Crippen LogP contribution in [0, 0.1) is 11.3 Å². The number of ether oxygens (including phenoxy) is 2. The van der Waals surface area contributed by atoms with Gasteiger partial charge in [0, 0.05) is 11.1 Å². The fraction of sp³-hybridized carbons (Fsp3) is 0.250. The number of rotatable bonds is 3. The smallest absolute Gasteiger partial charge is 0.127 e. The van der Waals surface area contributed by atoms with E-state index in [0.717, 1.165) is 0 Å². The van der Waals surface area contributed by atoms with Gasteiger partial charge in [0.15, 0.2) is 0 Å². The maximum Gasteiger partial charge on any atom is 0.127 e. The Kier molecular flexibility index (Phi) is 4.21. The highest BCUT2D eigenvalue weighted by Crippen LogP contribution is 2.33. The van der Waals surface area contributed by atoms with Crippen molar-refractivity contribution < 1.29 is 9.47 Å². The molecule has 3 nitrogen and oxygen atoms in total. The van der Waals surface area contributed by atoms with Crippen LogP contribution in [0.1, 0.15) is 12.5 Å². The van der Waals surface area contributed by atoms with Gasteiger partial charge in [-0.2, -0.15) is 5.26 Å². The van der Waals surface area contributed by atoms with Crippen LogP contribution in [0.4, 0.5) is 0 Å². The minimum Gasteiger partial charge on any atom is -0.497 e. The monoisotopic (exact) mass is 237 g/mol. The van der Waals surface area contributed by atoms with E-state index in [9.17, 15) is 0 Å². The fourth-order valence-electron chi connectivity index (χ4n) is 1.24. The lowest BCUT2D eigenvalue weighted by Gasteiger charge is -2.10. The lowest BCUT2D eigenvalue weighted by Crippen LogP contribution is -1.92. The van der Waals surface area contributed by atoms with Crippen LogP contribution in [0.5, 0.6) is 11.5 Å². The second kappa shape index (κ2) is 5.43. The number of nitriles is 1. The molecule has 0 saturated heterocycles. The lowest BCUT2D eigenvalue weighted by atomic mass is 10.1. The van der Waals surface area contributed by atoms with Crippen molar-refractivity contribution in [2.75, 3.05) is 14.2 Å². The van der Waals surface area contributed by atoms with Crippen LogP contribution < -0.4 is 9.47 Å². The van der Waals surface area contributed by atoms with Gasteiger partial charge in [-0.15, -0.1) is 0 Å². The average Bonchev–Trinajstić information content (AvgIpc) is 2.35. The highest BCUT2D eigenvalue weighted by atomic mass is 35.5. The second-order valence-corrected chi connectivity index (χ2v) is 3.49. The highest BCUT2D eigenvalue weighted by molar-refractivity contribution is 6.49. The van der Waals surface area contributed by atoms with Crippen LogP contribution in [-0.2, 0) is 0 Å². The fourth-order valence-corrected chi connectivity index (χ4v) is 1.43. The van der Waals surface area contributed by atoms with Crippen molar-refractivity contribution in [1.82, 2.24) is 0 Å². The molecule has 1 aromatic carbocycles. The number of allylic oxidation sites excluding steroid dienone is 1. The first-order valence-corrected chi connectivity index (χ1v) is 5.00. The predicted molar refractivity (Wildman–Crippen MR) is 63.6 cm³/mol. The van der Waals surface area contributed by atoms with E-state index in [1.165, 1.54) is 0 Å². The summed E-state index contributed by atoms with van der Waals surface area (Å²) < 4.78 is 10.3. The van der Waals surface area contributed by atoms with Crippen LogP contribution in [0.25, 0.3) is 5.03 Å². The predicted octanol–water partition coefficient (Wildman–Crippen LogP) is 3.20. The molecule has 0 fully saturated rings. The highest BCUT2D eigenvalue weighted by Gasteiger charge is 2.10. The summed E-state index contributed by atoms with van der Waals surface area (Å²) in [5.41, 5.74) is 1.09. The summed E-state index contributed by atoms with van der Waals surface area (Å²) in [5.74, 6) is 1.28. The number of hydrogen-bond acceptors (Lipinski definition) is 3. The summed E-state index contributed by atoms with van der Waals surface area (Å²) in [6.07, 6.45) is 0. The van der Waals surface area contributed by atoms with Crippen molar-refractivity contribution in [1.29, 1.82) is 5.26 Å². The molecule has 0 amide bonds. The van der Waals surface area contributed by atoms with E-state index < -0.39 is 0 Å². The van der Waals surface area contributed by atoms with Crippen molar-refractivity contribution >= 4 is 16.6 Å². The molecule has 0 atom stereocenters. The third-order valence-corrected chi connectivity index (χ3v) is 2.63. The Balaban J connectivity index is 3.36. The molecule has 0 aliphatic rings. The number of hydrogen-bond donors (Lipinski definition) is 0. The van der Waals surface area contributed by atoms with Gasteiger partial charge in [-0.1, -0.05) is 11.6 Å². The molecular formula is C12H12ClNO2. The zero-order valence-electron chi connectivity index (χ0n) is 9.37. The van der Waals surface area contributed by atoms with Crippen molar-refractivity contribution in [2.45, 2.75) is 6.92 Å². The summed E-state index contributed by atoms with van der Waals surface area (Å²) in [4.78, 5) is 0. The normalized spacial score (nSPS) is 11.4. The molecule has 0 spiro atoms. The van der Waals surface area contributed by atoms with Gasteiger partial charge in [0.25, 0.3) is 0 Å². The first kappa shape index (κ1) is 12.4. The third kappa shape index (κ3) is 2.47. The van der Waals surface area contributed by atoms with E-state index in [0.29, 0.717) is 27.7 Å². The quantitative estimate of drug-likeness (QED) is 0.759. The zero-order chi connectivity index (χ0) is 12.1. The SMILES string of the molecule is COc1ccc(OC)c(C(Cl)=C(C)C#N)c1. The van der Waals surface area contributed by atoms with Gasteiger partial charge in [0.2, 0.25) is 0 Å². The summed E-state index contributed by atoms with van der Waals surface area (Å²) in [5, 5.41) is 9.17. The van der Waals surface area contributed by atoms with Crippen molar-refractivity contribution in [3.05, 3.63) is 29.3 Å². The van der Waals surface area contributed by atoms with E-state index in [2.05, 4.69) is 0 Å².